The minimum atomic E-state index is -1.70. The van der Waals surface area contributed by atoms with Gasteiger partial charge in [-0.2, -0.15) is 0 Å². The lowest BCUT2D eigenvalue weighted by molar-refractivity contribution is -0.0846. The van der Waals surface area contributed by atoms with Gasteiger partial charge in [0.25, 0.3) is 0 Å². The highest BCUT2D eigenvalue weighted by Crippen LogP contribution is 1.84. The number of aliphatic hydroxyl groups is 1. The second-order valence-electron chi connectivity index (χ2n) is 1.37. The van der Waals surface area contributed by atoms with E-state index < -0.39 is 6.27 Å². The van der Waals surface area contributed by atoms with E-state index in [4.69, 9.17) is 6.48 Å². The Hall–Kier alpha value is -0.0800. The topological polar surface area (TPSA) is 29.5 Å². The standard InChI is InChI=1S/C5H12O2/c1-3-4-7-5(2)6/h5-6H,3-4H2,1-2H3/i5D. The lowest BCUT2D eigenvalue weighted by Gasteiger charge is -2.02. The van der Waals surface area contributed by atoms with Crippen molar-refractivity contribution >= 4 is 0 Å². The zero-order valence-electron chi connectivity index (χ0n) is 5.77. The number of ether oxygens (including phenoxy) is 1. The molecule has 0 aliphatic heterocycles. The lowest BCUT2D eigenvalue weighted by atomic mass is 10.5. The van der Waals surface area contributed by atoms with Gasteiger partial charge >= 0.3 is 0 Å². The van der Waals surface area contributed by atoms with Gasteiger partial charge in [-0.15, -0.1) is 0 Å². The van der Waals surface area contributed by atoms with Crippen molar-refractivity contribution in [2.24, 2.45) is 0 Å². The van der Waals surface area contributed by atoms with Crippen molar-refractivity contribution in [3.05, 3.63) is 0 Å². The van der Waals surface area contributed by atoms with Gasteiger partial charge in [-0.1, -0.05) is 6.92 Å². The predicted octanol–water partition coefficient (Wildman–Crippen LogP) is 0.751. The molecule has 0 aliphatic rings. The first-order valence-corrected chi connectivity index (χ1v) is 2.42. The van der Waals surface area contributed by atoms with Gasteiger partial charge in [0.2, 0.25) is 0 Å². The molecule has 0 aromatic carbocycles. The van der Waals surface area contributed by atoms with Gasteiger partial charge in [0, 0.05) is 6.61 Å². The summed E-state index contributed by atoms with van der Waals surface area (Å²) in [6.07, 6.45) is -0.870. The van der Waals surface area contributed by atoms with Gasteiger partial charge in [0.1, 0.15) is 0 Å². The molecular weight excluding hydrogens is 92.1 g/mol. The van der Waals surface area contributed by atoms with Crippen molar-refractivity contribution in [2.45, 2.75) is 26.5 Å². The van der Waals surface area contributed by atoms with Gasteiger partial charge in [-0.25, -0.2) is 0 Å². The van der Waals surface area contributed by atoms with Gasteiger partial charge < -0.3 is 9.84 Å². The third-order valence-electron chi connectivity index (χ3n) is 0.515. The second kappa shape index (κ2) is 4.09. The average molecular weight is 105 g/mol. The third-order valence-corrected chi connectivity index (χ3v) is 0.515. The quantitative estimate of drug-likeness (QED) is 0.537. The molecule has 2 heteroatoms. The summed E-state index contributed by atoms with van der Waals surface area (Å²) in [5, 5.41) is 8.59. The predicted molar refractivity (Wildman–Crippen MR) is 27.9 cm³/mol. The molecule has 0 aliphatic carbocycles. The van der Waals surface area contributed by atoms with E-state index in [0.29, 0.717) is 6.61 Å². The molecule has 0 saturated carbocycles. The Kier molecular flexibility index (Phi) is 2.96. The van der Waals surface area contributed by atoms with Crippen LogP contribution in [-0.4, -0.2) is 18.0 Å². The van der Waals surface area contributed by atoms with E-state index in [1.54, 1.807) is 0 Å². The summed E-state index contributed by atoms with van der Waals surface area (Å²) in [4.78, 5) is 0. The van der Waals surface area contributed by atoms with Crippen LogP contribution in [0.5, 0.6) is 0 Å². The largest absolute Gasteiger partial charge is 0.368 e. The summed E-state index contributed by atoms with van der Waals surface area (Å²) >= 11 is 0. The maximum absolute atomic E-state index is 8.59. The van der Waals surface area contributed by atoms with Crippen molar-refractivity contribution in [1.82, 2.24) is 0 Å². The fraction of sp³-hybridized carbons (Fsp3) is 1.00. The van der Waals surface area contributed by atoms with Crippen LogP contribution in [0, 0.1) is 0 Å². The molecule has 0 fully saturated rings. The molecule has 0 radical (unpaired) electrons. The van der Waals surface area contributed by atoms with Crippen molar-refractivity contribution < 1.29 is 11.2 Å². The minimum absolute atomic E-state index is 0.441. The zero-order chi connectivity index (χ0) is 6.62. The van der Waals surface area contributed by atoms with Crippen molar-refractivity contribution in [3.8, 4) is 0 Å². The summed E-state index contributed by atoms with van der Waals surface area (Å²) in [6.45, 7) is 3.66. The molecule has 1 atom stereocenters. The zero-order valence-corrected chi connectivity index (χ0v) is 4.77. The fourth-order valence-electron chi connectivity index (χ4n) is 0.250. The van der Waals surface area contributed by atoms with Gasteiger partial charge in [0.15, 0.2) is 6.27 Å². The van der Waals surface area contributed by atoms with Crippen LogP contribution in [-0.2, 0) is 4.74 Å². The Bertz CT molecular complexity index is 57.9. The highest BCUT2D eigenvalue weighted by Gasteiger charge is 1.88. The van der Waals surface area contributed by atoms with Crippen molar-refractivity contribution in [3.63, 3.8) is 0 Å². The maximum Gasteiger partial charge on any atom is 0.151 e. The summed E-state index contributed by atoms with van der Waals surface area (Å²) < 4.78 is 11.4. The molecule has 0 spiro atoms. The van der Waals surface area contributed by atoms with E-state index in [0.717, 1.165) is 6.42 Å². The fourth-order valence-corrected chi connectivity index (χ4v) is 0.250. The van der Waals surface area contributed by atoms with E-state index in [-0.39, 0.29) is 0 Å². The highest BCUT2D eigenvalue weighted by molar-refractivity contribution is 4.24. The van der Waals surface area contributed by atoms with E-state index in [1.165, 1.54) is 6.92 Å². The van der Waals surface area contributed by atoms with E-state index in [2.05, 4.69) is 4.74 Å². The highest BCUT2D eigenvalue weighted by atomic mass is 16.6. The van der Waals surface area contributed by atoms with Crippen LogP contribution in [0.25, 0.3) is 0 Å². The van der Waals surface area contributed by atoms with E-state index in [1.807, 2.05) is 6.92 Å². The Morgan fingerprint density at radius 2 is 2.57 bits per heavy atom. The molecule has 0 heterocycles. The lowest BCUT2D eigenvalue weighted by Crippen LogP contribution is -2.05. The molecule has 1 unspecified atom stereocenters. The summed E-state index contributed by atoms with van der Waals surface area (Å²) in [5.74, 6) is 0. The number of hydrogen-bond acceptors (Lipinski definition) is 2. The molecule has 44 valence electrons. The van der Waals surface area contributed by atoms with Crippen LogP contribution in [0.15, 0.2) is 0 Å². The monoisotopic (exact) mass is 105 g/mol. The SMILES string of the molecule is [2H]C(C)(O)OCCC. The molecule has 0 aromatic heterocycles. The van der Waals surface area contributed by atoms with Crippen LogP contribution >= 0.6 is 0 Å². The van der Waals surface area contributed by atoms with Crippen LogP contribution in [0.4, 0.5) is 0 Å². The molecule has 0 bridgehead atoms. The Labute approximate surface area is 45.5 Å². The molecule has 0 rings (SSSR count). The molecule has 1 N–H and O–H groups in total. The Balaban J connectivity index is 3.11. The van der Waals surface area contributed by atoms with Gasteiger partial charge in [-0.05, 0) is 13.3 Å². The summed E-state index contributed by atoms with van der Waals surface area (Å²) in [6, 6.07) is 0. The van der Waals surface area contributed by atoms with Crippen molar-refractivity contribution in [1.29, 1.82) is 0 Å². The van der Waals surface area contributed by atoms with E-state index >= 15 is 0 Å². The smallest absolute Gasteiger partial charge is 0.151 e. The van der Waals surface area contributed by atoms with Gasteiger partial charge in [-0.3, -0.25) is 0 Å². The number of rotatable bonds is 3. The first-order chi connectivity index (χ1) is 3.56. The number of hydrogen-bond donors (Lipinski definition) is 1. The third kappa shape index (κ3) is 5.92. The van der Waals surface area contributed by atoms with E-state index in [9.17, 15) is 0 Å². The van der Waals surface area contributed by atoms with Crippen LogP contribution in [0.3, 0.4) is 0 Å². The molecule has 0 amide bonds. The molecule has 7 heavy (non-hydrogen) atoms. The minimum Gasteiger partial charge on any atom is -0.368 e. The Morgan fingerprint density at radius 3 is 2.71 bits per heavy atom. The second-order valence-corrected chi connectivity index (χ2v) is 1.37. The first kappa shape index (κ1) is 5.06. The van der Waals surface area contributed by atoms with Crippen molar-refractivity contribution in [2.75, 3.05) is 6.61 Å². The van der Waals surface area contributed by atoms with Crippen LogP contribution in [0.1, 0.15) is 21.6 Å². The van der Waals surface area contributed by atoms with Crippen LogP contribution < -0.4 is 0 Å². The molecule has 2 nitrogen and oxygen atoms in total. The maximum atomic E-state index is 8.59. The molecular formula is C5H12O2. The van der Waals surface area contributed by atoms with Crippen LogP contribution in [0.2, 0.25) is 0 Å². The Morgan fingerprint density at radius 1 is 2.00 bits per heavy atom. The summed E-state index contributed by atoms with van der Waals surface area (Å²) in [7, 11) is 0. The normalized spacial score (nSPS) is 20.7. The van der Waals surface area contributed by atoms with Gasteiger partial charge in [0.05, 0.1) is 1.37 Å². The summed E-state index contributed by atoms with van der Waals surface area (Å²) in [5.41, 5.74) is 0. The first-order valence-electron chi connectivity index (χ1n) is 2.92. The molecule has 0 aromatic rings. The molecule has 0 saturated heterocycles. The average Bonchev–Trinajstić information content (AvgIpc) is 1.59.